The Hall–Kier alpha value is -1.01. The molecule has 0 bridgehead atoms. The third kappa shape index (κ3) is 3.55. The predicted octanol–water partition coefficient (Wildman–Crippen LogP) is 4.23. The highest BCUT2D eigenvalue weighted by Gasteiger charge is 2.11. The van der Waals surface area contributed by atoms with Crippen LogP contribution in [0.4, 0.5) is 0 Å². The number of nitrogens with zero attached hydrogens (tertiary/aromatic N) is 4. The fourth-order valence-corrected chi connectivity index (χ4v) is 3.02. The molecular weight excluding hydrogens is 336 g/mol. The molecule has 0 aromatic carbocycles. The van der Waals surface area contributed by atoms with Crippen LogP contribution in [0.2, 0.25) is 0 Å². The van der Waals surface area contributed by atoms with Gasteiger partial charge in [-0.2, -0.15) is 0 Å². The van der Waals surface area contributed by atoms with Gasteiger partial charge in [-0.1, -0.05) is 13.8 Å². The second kappa shape index (κ2) is 6.18. The minimum absolute atomic E-state index is 0.286. The quantitative estimate of drug-likeness (QED) is 0.611. The van der Waals surface area contributed by atoms with E-state index >= 15 is 0 Å². The van der Waals surface area contributed by atoms with E-state index in [9.17, 15) is 0 Å². The zero-order chi connectivity index (χ0) is 14.9. The minimum Gasteiger partial charge on any atom is -0.227 e. The van der Waals surface area contributed by atoms with Crippen molar-refractivity contribution in [3.8, 4) is 0 Å². The van der Waals surface area contributed by atoms with Crippen LogP contribution in [0.1, 0.15) is 42.5 Å². The van der Waals surface area contributed by atoms with Crippen molar-refractivity contribution >= 4 is 27.7 Å². The van der Waals surface area contributed by atoms with Gasteiger partial charge in [0.1, 0.15) is 15.5 Å². The molecule has 0 saturated carbocycles. The smallest absolute Gasteiger partial charge is 0.194 e. The Kier molecular flexibility index (Phi) is 4.75. The van der Waals surface area contributed by atoms with Gasteiger partial charge in [-0.05, 0) is 54.0 Å². The average molecular weight is 353 g/mol. The summed E-state index contributed by atoms with van der Waals surface area (Å²) in [4.78, 5) is 17.9. The summed E-state index contributed by atoms with van der Waals surface area (Å²) in [5.41, 5.74) is 3.16. The van der Waals surface area contributed by atoms with Crippen LogP contribution >= 0.6 is 27.7 Å². The first-order valence-electron chi connectivity index (χ1n) is 6.41. The van der Waals surface area contributed by atoms with Crippen molar-refractivity contribution in [1.82, 2.24) is 19.9 Å². The summed E-state index contributed by atoms with van der Waals surface area (Å²) in [7, 11) is 0. The lowest BCUT2D eigenvalue weighted by atomic mass is 10.2. The number of hydrogen-bond donors (Lipinski definition) is 0. The summed E-state index contributed by atoms with van der Waals surface area (Å²) in [6.45, 7) is 10.2. The van der Waals surface area contributed by atoms with Crippen LogP contribution in [-0.4, -0.2) is 19.9 Å². The molecule has 0 atom stereocenters. The zero-order valence-electron chi connectivity index (χ0n) is 12.2. The fraction of sp³-hybridized carbons (Fsp3) is 0.429. The molecule has 2 rings (SSSR count). The molecule has 0 N–H and O–H groups in total. The molecule has 20 heavy (non-hydrogen) atoms. The molecule has 0 spiro atoms. The SMILES string of the molecule is Cc1nc(Sc2cc(Br)nc(C(C)C)n2)nc(C)c1C. The molecule has 0 aliphatic heterocycles. The number of halogens is 1. The van der Waals surface area contributed by atoms with Crippen molar-refractivity contribution in [3.63, 3.8) is 0 Å². The van der Waals surface area contributed by atoms with E-state index in [1.807, 2.05) is 26.8 Å². The third-order valence-corrected chi connectivity index (χ3v) is 4.20. The molecule has 2 heterocycles. The Morgan fingerprint density at radius 2 is 1.60 bits per heavy atom. The number of aromatic nitrogens is 4. The van der Waals surface area contributed by atoms with Crippen molar-refractivity contribution in [1.29, 1.82) is 0 Å². The highest BCUT2D eigenvalue weighted by molar-refractivity contribution is 9.10. The normalized spacial score (nSPS) is 11.2. The van der Waals surface area contributed by atoms with Crippen LogP contribution in [-0.2, 0) is 0 Å². The topological polar surface area (TPSA) is 51.6 Å². The van der Waals surface area contributed by atoms with Gasteiger partial charge in [0.2, 0.25) is 0 Å². The van der Waals surface area contributed by atoms with Gasteiger partial charge in [0.15, 0.2) is 5.16 Å². The highest BCUT2D eigenvalue weighted by Crippen LogP contribution is 2.27. The van der Waals surface area contributed by atoms with Crippen LogP contribution in [0.5, 0.6) is 0 Å². The highest BCUT2D eigenvalue weighted by atomic mass is 79.9. The number of hydrogen-bond acceptors (Lipinski definition) is 5. The van der Waals surface area contributed by atoms with Gasteiger partial charge >= 0.3 is 0 Å². The van der Waals surface area contributed by atoms with E-state index in [2.05, 4.69) is 49.7 Å². The molecule has 2 aromatic heterocycles. The van der Waals surface area contributed by atoms with Gasteiger partial charge < -0.3 is 0 Å². The molecule has 0 amide bonds. The maximum absolute atomic E-state index is 4.55. The Labute approximate surface area is 132 Å². The van der Waals surface area contributed by atoms with Gasteiger partial charge in [0.05, 0.1) is 0 Å². The maximum atomic E-state index is 4.55. The van der Waals surface area contributed by atoms with Gasteiger partial charge in [-0.3, -0.25) is 0 Å². The summed E-state index contributed by atoms with van der Waals surface area (Å²) in [5.74, 6) is 1.11. The molecule has 6 heteroatoms. The Morgan fingerprint density at radius 3 is 2.15 bits per heavy atom. The first kappa shape index (κ1) is 15.4. The van der Waals surface area contributed by atoms with Gasteiger partial charge in [-0.15, -0.1) is 0 Å². The van der Waals surface area contributed by atoms with E-state index in [4.69, 9.17) is 0 Å². The Balaban J connectivity index is 2.35. The van der Waals surface area contributed by atoms with E-state index in [1.165, 1.54) is 11.8 Å². The molecule has 106 valence electrons. The minimum atomic E-state index is 0.286. The molecule has 0 aliphatic carbocycles. The zero-order valence-corrected chi connectivity index (χ0v) is 14.6. The molecular formula is C14H17BrN4S. The van der Waals surface area contributed by atoms with Crippen molar-refractivity contribution in [2.75, 3.05) is 0 Å². The van der Waals surface area contributed by atoms with Crippen molar-refractivity contribution in [2.45, 2.75) is 50.7 Å². The predicted molar refractivity (Wildman–Crippen MR) is 84.2 cm³/mol. The van der Waals surface area contributed by atoms with Crippen LogP contribution in [0.3, 0.4) is 0 Å². The summed E-state index contributed by atoms with van der Waals surface area (Å²) in [6.07, 6.45) is 0. The summed E-state index contributed by atoms with van der Waals surface area (Å²) < 4.78 is 0.791. The lowest BCUT2D eigenvalue weighted by Gasteiger charge is -2.08. The van der Waals surface area contributed by atoms with E-state index < -0.39 is 0 Å². The first-order chi connectivity index (χ1) is 9.36. The standard InChI is InChI=1S/C14H17BrN4S/c1-7(2)13-18-11(15)6-12(19-13)20-14-16-9(4)8(3)10(5)17-14/h6-7H,1-5H3. The van der Waals surface area contributed by atoms with Crippen molar-refractivity contribution in [3.05, 3.63) is 33.4 Å². The summed E-state index contributed by atoms with van der Waals surface area (Å²) >= 11 is 4.90. The fourth-order valence-electron chi connectivity index (χ4n) is 1.60. The molecule has 0 aliphatic rings. The van der Waals surface area contributed by atoms with E-state index in [0.29, 0.717) is 0 Å². The van der Waals surface area contributed by atoms with Crippen LogP contribution in [0.25, 0.3) is 0 Å². The molecule has 4 nitrogen and oxygen atoms in total. The van der Waals surface area contributed by atoms with Crippen LogP contribution in [0.15, 0.2) is 20.9 Å². The Bertz CT molecular complexity index is 620. The largest absolute Gasteiger partial charge is 0.227 e. The summed E-state index contributed by atoms with van der Waals surface area (Å²) in [6, 6.07) is 1.89. The maximum Gasteiger partial charge on any atom is 0.194 e. The van der Waals surface area contributed by atoms with Crippen LogP contribution < -0.4 is 0 Å². The van der Waals surface area contributed by atoms with Crippen molar-refractivity contribution in [2.24, 2.45) is 0 Å². The summed E-state index contributed by atoms with van der Waals surface area (Å²) in [5, 5.41) is 1.59. The second-order valence-electron chi connectivity index (χ2n) is 4.95. The van der Waals surface area contributed by atoms with Gasteiger partial charge in [-0.25, -0.2) is 19.9 Å². The molecule has 2 aromatic rings. The van der Waals surface area contributed by atoms with Gasteiger partial charge in [0, 0.05) is 23.4 Å². The van der Waals surface area contributed by atoms with E-state index in [0.717, 1.165) is 37.6 Å². The molecule has 0 saturated heterocycles. The lowest BCUT2D eigenvalue weighted by Crippen LogP contribution is -2.01. The molecule has 0 fully saturated rings. The third-order valence-electron chi connectivity index (χ3n) is 3.01. The van der Waals surface area contributed by atoms with E-state index in [-0.39, 0.29) is 5.92 Å². The number of rotatable bonds is 3. The van der Waals surface area contributed by atoms with Gasteiger partial charge in [0.25, 0.3) is 0 Å². The number of aryl methyl sites for hydroxylation is 2. The van der Waals surface area contributed by atoms with Crippen LogP contribution in [0, 0.1) is 20.8 Å². The monoisotopic (exact) mass is 352 g/mol. The molecule has 0 radical (unpaired) electrons. The lowest BCUT2D eigenvalue weighted by molar-refractivity contribution is 0.746. The average Bonchev–Trinajstić information content (AvgIpc) is 2.35. The van der Waals surface area contributed by atoms with Crippen molar-refractivity contribution < 1.29 is 0 Å². The first-order valence-corrected chi connectivity index (χ1v) is 8.02. The second-order valence-corrected chi connectivity index (χ2v) is 6.75. The Morgan fingerprint density at radius 1 is 1.00 bits per heavy atom. The van der Waals surface area contributed by atoms with E-state index in [1.54, 1.807) is 0 Å². The molecule has 0 unspecified atom stereocenters.